The highest BCUT2D eigenvalue weighted by Crippen LogP contribution is 2.19. The van der Waals surface area contributed by atoms with Crippen molar-refractivity contribution in [1.82, 2.24) is 9.88 Å². The third kappa shape index (κ3) is 5.49. The molecule has 1 saturated carbocycles. The van der Waals surface area contributed by atoms with Crippen LogP contribution >= 0.6 is 23.1 Å². The highest BCUT2D eigenvalue weighted by Gasteiger charge is 2.16. The molecule has 1 fully saturated rings. The lowest BCUT2D eigenvalue weighted by molar-refractivity contribution is -0.119. The second-order valence-electron chi connectivity index (χ2n) is 7.05. The number of thiazole rings is 1. The van der Waals surface area contributed by atoms with Crippen LogP contribution in [0.5, 0.6) is 0 Å². The van der Waals surface area contributed by atoms with Crippen molar-refractivity contribution in [3.05, 3.63) is 28.6 Å². The van der Waals surface area contributed by atoms with Crippen LogP contribution < -0.4 is 10.1 Å². The Labute approximate surface area is 173 Å². The number of aryl methyl sites for hydroxylation is 1. The summed E-state index contributed by atoms with van der Waals surface area (Å²) in [7, 11) is 0. The van der Waals surface area contributed by atoms with Gasteiger partial charge >= 0.3 is 0 Å². The monoisotopic (exact) mass is 415 g/mol. The first-order valence-electron chi connectivity index (χ1n) is 9.55. The average Bonchev–Trinajstić information content (AvgIpc) is 2.99. The lowest BCUT2D eigenvalue weighted by atomic mass is 9.95. The average molecular weight is 416 g/mol. The first-order valence-corrected chi connectivity index (χ1v) is 11.5. The number of thioether (sulfide) groups is 1. The first kappa shape index (κ1) is 20.7. The normalized spacial score (nSPS) is 15.5. The highest BCUT2D eigenvalue weighted by molar-refractivity contribution is 8.00. The Morgan fingerprint density at radius 2 is 2.11 bits per heavy atom. The van der Waals surface area contributed by atoms with Crippen LogP contribution in [-0.4, -0.2) is 33.9 Å². The largest absolute Gasteiger partial charge is 0.353 e. The molecule has 1 aromatic heterocycles. The van der Waals surface area contributed by atoms with Gasteiger partial charge in [0.05, 0.1) is 28.3 Å². The van der Waals surface area contributed by atoms with Crippen LogP contribution in [0.15, 0.2) is 23.2 Å². The van der Waals surface area contributed by atoms with E-state index in [2.05, 4.69) is 22.3 Å². The summed E-state index contributed by atoms with van der Waals surface area (Å²) in [5.41, 5.74) is 2.14. The molecule has 1 N–H and O–H groups in total. The molecule has 0 unspecified atom stereocenters. The van der Waals surface area contributed by atoms with Gasteiger partial charge in [-0.05, 0) is 37.5 Å². The second-order valence-corrected chi connectivity index (χ2v) is 9.04. The molecule has 1 aromatic carbocycles. The van der Waals surface area contributed by atoms with Crippen LogP contribution in [-0.2, 0) is 16.1 Å². The van der Waals surface area contributed by atoms with Crippen LogP contribution in [0.1, 0.15) is 37.7 Å². The van der Waals surface area contributed by atoms with E-state index in [-0.39, 0.29) is 23.3 Å². The summed E-state index contributed by atoms with van der Waals surface area (Å²) in [4.78, 5) is 29.2. The molecule has 2 amide bonds. The molecular weight excluding hydrogens is 390 g/mol. The van der Waals surface area contributed by atoms with Gasteiger partial charge in [-0.25, -0.2) is 0 Å². The summed E-state index contributed by atoms with van der Waals surface area (Å²) in [6.07, 6.45) is 11.2. The third-order valence-corrected chi connectivity index (χ3v) is 6.70. The molecule has 1 aliphatic rings. The van der Waals surface area contributed by atoms with E-state index >= 15 is 0 Å². The Kier molecular flexibility index (Phi) is 7.35. The predicted molar refractivity (Wildman–Crippen MR) is 116 cm³/mol. The fraction of sp³-hybridized carbons (Fsp3) is 0.476. The number of terminal acetylenes is 1. The number of carbonyl (C=O) groups is 2. The number of amides is 2. The zero-order valence-corrected chi connectivity index (χ0v) is 17.7. The number of nitrogens with one attached hydrogen (secondary N) is 1. The van der Waals surface area contributed by atoms with E-state index in [1.165, 1.54) is 42.4 Å². The minimum absolute atomic E-state index is 0.00410. The molecule has 1 heterocycles. The van der Waals surface area contributed by atoms with Crippen LogP contribution in [0.25, 0.3) is 10.2 Å². The minimum Gasteiger partial charge on any atom is -0.353 e. The number of hydrogen-bond acceptors (Lipinski definition) is 4. The fourth-order valence-electron chi connectivity index (χ4n) is 3.40. The summed E-state index contributed by atoms with van der Waals surface area (Å²) in [6.45, 7) is 2.40. The van der Waals surface area contributed by atoms with Crippen LogP contribution in [0.2, 0.25) is 0 Å². The summed E-state index contributed by atoms with van der Waals surface area (Å²) in [5, 5.41) is 3.07. The summed E-state index contributed by atoms with van der Waals surface area (Å²) in [6, 6.07) is 6.40. The molecule has 1 aliphatic carbocycles. The smallest absolute Gasteiger partial charge is 0.258 e. The molecule has 148 valence electrons. The minimum atomic E-state index is -0.246. The van der Waals surface area contributed by atoms with Crippen molar-refractivity contribution in [1.29, 1.82) is 0 Å². The zero-order valence-electron chi connectivity index (χ0n) is 16.1. The van der Waals surface area contributed by atoms with Crippen LogP contribution in [0.4, 0.5) is 0 Å². The topological polar surface area (TPSA) is 63.5 Å². The summed E-state index contributed by atoms with van der Waals surface area (Å²) in [5.74, 6) is 2.85. The molecular formula is C21H25N3O2S2. The summed E-state index contributed by atoms with van der Waals surface area (Å²) < 4.78 is 2.94. The van der Waals surface area contributed by atoms with Gasteiger partial charge in [0.25, 0.3) is 5.91 Å². The molecule has 0 spiro atoms. The van der Waals surface area contributed by atoms with E-state index in [9.17, 15) is 9.59 Å². The number of hydrogen-bond donors (Lipinski definition) is 1. The molecule has 3 rings (SSSR count). The maximum Gasteiger partial charge on any atom is 0.258 e. The van der Waals surface area contributed by atoms with Crippen molar-refractivity contribution < 1.29 is 9.59 Å². The molecule has 0 saturated heterocycles. The van der Waals surface area contributed by atoms with Gasteiger partial charge in [0.1, 0.15) is 0 Å². The summed E-state index contributed by atoms with van der Waals surface area (Å²) >= 11 is 2.77. The van der Waals surface area contributed by atoms with Gasteiger partial charge < -0.3 is 9.88 Å². The van der Waals surface area contributed by atoms with E-state index in [4.69, 9.17) is 6.42 Å². The van der Waals surface area contributed by atoms with Crippen molar-refractivity contribution in [3.8, 4) is 12.3 Å². The quantitative estimate of drug-likeness (QED) is 0.737. The van der Waals surface area contributed by atoms with Gasteiger partial charge in [0.2, 0.25) is 5.91 Å². The number of fused-ring (bicyclic) bond motifs is 1. The van der Waals surface area contributed by atoms with E-state index in [1.807, 2.05) is 23.6 Å². The van der Waals surface area contributed by atoms with Gasteiger partial charge in [-0.3, -0.25) is 9.59 Å². The van der Waals surface area contributed by atoms with Crippen molar-refractivity contribution in [2.24, 2.45) is 4.99 Å². The Bertz CT molecular complexity index is 962. The third-order valence-electron chi connectivity index (χ3n) is 4.74. The number of nitrogens with zero attached hydrogens (tertiary/aromatic N) is 2. The van der Waals surface area contributed by atoms with Crippen molar-refractivity contribution in [3.63, 3.8) is 0 Å². The Balaban J connectivity index is 1.60. The van der Waals surface area contributed by atoms with Crippen molar-refractivity contribution >= 4 is 45.1 Å². The van der Waals surface area contributed by atoms with E-state index in [0.717, 1.165) is 28.6 Å². The number of carbonyl (C=O) groups excluding carboxylic acids is 2. The molecule has 7 heteroatoms. The Morgan fingerprint density at radius 1 is 1.32 bits per heavy atom. The van der Waals surface area contributed by atoms with E-state index in [0.29, 0.717) is 17.4 Å². The molecule has 0 bridgehead atoms. The van der Waals surface area contributed by atoms with Crippen molar-refractivity contribution in [2.45, 2.75) is 51.6 Å². The maximum absolute atomic E-state index is 12.3. The molecule has 2 aromatic rings. The molecule has 5 nitrogen and oxygen atoms in total. The standard InChI is InChI=1S/C21H25N3O2S2/c1-3-11-24-17-10-9-15(2)12-18(17)28-21(24)23-20(26)14-27-13-19(25)22-16-7-5-4-6-8-16/h1,9-10,12,16H,4-8,11,13-14H2,2H3,(H,22,25). The molecule has 0 radical (unpaired) electrons. The first-order chi connectivity index (χ1) is 13.6. The fourth-order valence-corrected chi connectivity index (χ4v) is 5.15. The zero-order chi connectivity index (χ0) is 19.9. The van der Waals surface area contributed by atoms with Gasteiger partial charge in [-0.15, -0.1) is 18.2 Å². The van der Waals surface area contributed by atoms with Crippen LogP contribution in [0.3, 0.4) is 0 Å². The van der Waals surface area contributed by atoms with Crippen LogP contribution in [0, 0.1) is 19.3 Å². The number of benzene rings is 1. The highest BCUT2D eigenvalue weighted by atomic mass is 32.2. The van der Waals surface area contributed by atoms with Crippen molar-refractivity contribution in [2.75, 3.05) is 11.5 Å². The lowest BCUT2D eigenvalue weighted by Gasteiger charge is -2.22. The van der Waals surface area contributed by atoms with Gasteiger partial charge in [0, 0.05) is 6.04 Å². The SMILES string of the molecule is C#CCn1c(=NC(=O)CSCC(=O)NC2CCCCC2)sc2cc(C)ccc21. The maximum atomic E-state index is 12.3. The molecule has 0 atom stereocenters. The lowest BCUT2D eigenvalue weighted by Crippen LogP contribution is -2.37. The second kappa shape index (κ2) is 9.94. The molecule has 0 aliphatic heterocycles. The van der Waals surface area contributed by atoms with E-state index < -0.39 is 0 Å². The Hall–Kier alpha value is -2.04. The molecule has 28 heavy (non-hydrogen) atoms. The Morgan fingerprint density at radius 3 is 2.86 bits per heavy atom. The van der Waals surface area contributed by atoms with Gasteiger partial charge in [0.15, 0.2) is 4.80 Å². The number of aromatic nitrogens is 1. The van der Waals surface area contributed by atoms with Gasteiger partial charge in [-0.2, -0.15) is 4.99 Å². The predicted octanol–water partition coefficient (Wildman–Crippen LogP) is 3.25. The number of rotatable bonds is 6. The van der Waals surface area contributed by atoms with E-state index in [1.54, 1.807) is 0 Å². The van der Waals surface area contributed by atoms with Gasteiger partial charge in [-0.1, -0.05) is 42.6 Å².